The summed E-state index contributed by atoms with van der Waals surface area (Å²) in [5, 5.41) is 5.93. The van der Waals surface area contributed by atoms with Crippen molar-refractivity contribution >= 4 is 23.2 Å². The molecule has 1 aromatic carbocycles. The summed E-state index contributed by atoms with van der Waals surface area (Å²) in [4.78, 5) is 26.7. The van der Waals surface area contributed by atoms with Gasteiger partial charge in [-0.25, -0.2) is 9.97 Å². The number of anilines is 3. The van der Waals surface area contributed by atoms with Gasteiger partial charge in [-0.2, -0.15) is 0 Å². The molecule has 2 N–H and O–H groups in total. The van der Waals surface area contributed by atoms with Gasteiger partial charge in [0.25, 0.3) is 5.91 Å². The van der Waals surface area contributed by atoms with Gasteiger partial charge in [0.1, 0.15) is 0 Å². The van der Waals surface area contributed by atoms with E-state index in [1.165, 1.54) is 12.4 Å². The molecule has 0 saturated heterocycles. The Morgan fingerprint density at radius 1 is 1.04 bits per heavy atom. The topological polar surface area (TPSA) is 83.0 Å². The van der Waals surface area contributed by atoms with Crippen molar-refractivity contribution in [2.24, 2.45) is 0 Å². The number of hydrogen-bond acceptors (Lipinski definition) is 6. The van der Waals surface area contributed by atoms with Crippen LogP contribution in [0.25, 0.3) is 0 Å². The quantitative estimate of drug-likeness (QED) is 0.713. The number of pyridine rings is 1. The van der Waals surface area contributed by atoms with Gasteiger partial charge in [0.05, 0.1) is 5.56 Å². The summed E-state index contributed by atoms with van der Waals surface area (Å²) in [6.45, 7) is 0.567. The Morgan fingerprint density at radius 3 is 2.38 bits per heavy atom. The number of rotatable bonds is 6. The highest BCUT2D eigenvalue weighted by Gasteiger charge is 2.08. The molecule has 0 radical (unpaired) electrons. The predicted molar refractivity (Wildman–Crippen MR) is 102 cm³/mol. The molecule has 0 bridgehead atoms. The fourth-order valence-electron chi connectivity index (χ4n) is 2.27. The maximum absolute atomic E-state index is 12.3. The molecule has 26 heavy (non-hydrogen) atoms. The summed E-state index contributed by atoms with van der Waals surface area (Å²) >= 11 is 0. The normalized spacial score (nSPS) is 10.2. The SMILES string of the molecule is CN(C)c1ccc(NC(=O)c2cnc(NCc3cccnc3)nc2)cc1. The molecule has 2 heterocycles. The van der Waals surface area contributed by atoms with Crippen LogP contribution in [0.2, 0.25) is 0 Å². The number of benzene rings is 1. The Morgan fingerprint density at radius 2 is 1.77 bits per heavy atom. The van der Waals surface area contributed by atoms with Crippen molar-refractivity contribution in [1.82, 2.24) is 15.0 Å². The summed E-state index contributed by atoms with van der Waals surface area (Å²) in [5.74, 6) is 0.210. The molecule has 0 aliphatic rings. The summed E-state index contributed by atoms with van der Waals surface area (Å²) in [6, 6.07) is 11.4. The van der Waals surface area contributed by atoms with Crippen molar-refractivity contribution in [2.75, 3.05) is 29.6 Å². The predicted octanol–water partition coefficient (Wildman–Crippen LogP) is 2.80. The minimum absolute atomic E-state index is 0.249. The van der Waals surface area contributed by atoms with Crippen LogP contribution in [0.5, 0.6) is 0 Å². The van der Waals surface area contributed by atoms with Crippen molar-refractivity contribution in [3.05, 3.63) is 72.3 Å². The number of aromatic nitrogens is 3. The van der Waals surface area contributed by atoms with E-state index in [1.54, 1.807) is 12.4 Å². The smallest absolute Gasteiger partial charge is 0.258 e. The van der Waals surface area contributed by atoms with Crippen LogP contribution in [0.4, 0.5) is 17.3 Å². The highest BCUT2D eigenvalue weighted by atomic mass is 16.1. The van der Waals surface area contributed by atoms with Crippen molar-refractivity contribution in [1.29, 1.82) is 0 Å². The van der Waals surface area contributed by atoms with E-state index < -0.39 is 0 Å². The van der Waals surface area contributed by atoms with E-state index in [-0.39, 0.29) is 5.91 Å². The van der Waals surface area contributed by atoms with E-state index in [2.05, 4.69) is 25.6 Å². The molecule has 0 saturated carbocycles. The van der Waals surface area contributed by atoms with E-state index in [0.717, 1.165) is 16.9 Å². The molecule has 7 heteroatoms. The van der Waals surface area contributed by atoms with E-state index in [1.807, 2.05) is 55.4 Å². The van der Waals surface area contributed by atoms with E-state index >= 15 is 0 Å². The highest BCUT2D eigenvalue weighted by Crippen LogP contribution is 2.16. The Balaban J connectivity index is 1.58. The van der Waals surface area contributed by atoms with E-state index in [9.17, 15) is 4.79 Å². The maximum Gasteiger partial charge on any atom is 0.258 e. The molecular formula is C19H20N6O. The van der Waals surface area contributed by atoms with Gasteiger partial charge in [-0.3, -0.25) is 9.78 Å². The molecule has 0 unspecified atom stereocenters. The van der Waals surface area contributed by atoms with Gasteiger partial charge in [0.2, 0.25) is 5.95 Å². The molecule has 1 amide bonds. The standard InChI is InChI=1S/C19H20N6O/c1-25(2)17-7-5-16(6-8-17)24-18(26)15-12-22-19(23-13-15)21-11-14-4-3-9-20-10-14/h3-10,12-13H,11H2,1-2H3,(H,24,26)(H,21,22,23). The first-order chi connectivity index (χ1) is 12.6. The van der Waals surface area contributed by atoms with Crippen LogP contribution in [0.1, 0.15) is 15.9 Å². The highest BCUT2D eigenvalue weighted by molar-refractivity contribution is 6.03. The first-order valence-electron chi connectivity index (χ1n) is 8.15. The van der Waals surface area contributed by atoms with Crippen molar-refractivity contribution in [3.8, 4) is 0 Å². The molecule has 132 valence electrons. The van der Waals surface area contributed by atoms with Crippen molar-refractivity contribution in [2.45, 2.75) is 6.54 Å². The zero-order valence-corrected chi connectivity index (χ0v) is 14.7. The Hall–Kier alpha value is -3.48. The molecule has 0 fully saturated rings. The molecule has 0 spiro atoms. The first kappa shape index (κ1) is 17.3. The summed E-state index contributed by atoms with van der Waals surface area (Å²) < 4.78 is 0. The summed E-state index contributed by atoms with van der Waals surface area (Å²) in [7, 11) is 3.93. The van der Waals surface area contributed by atoms with Crippen LogP contribution < -0.4 is 15.5 Å². The Kier molecular flexibility index (Phi) is 5.38. The molecule has 2 aromatic heterocycles. The molecule has 0 atom stereocenters. The minimum atomic E-state index is -0.249. The third-order valence-corrected chi connectivity index (χ3v) is 3.73. The second-order valence-corrected chi connectivity index (χ2v) is 5.91. The van der Waals surface area contributed by atoms with Crippen LogP contribution in [-0.4, -0.2) is 35.0 Å². The average molecular weight is 348 g/mol. The molecule has 7 nitrogen and oxygen atoms in total. The third-order valence-electron chi connectivity index (χ3n) is 3.73. The molecule has 0 aliphatic heterocycles. The van der Waals surface area contributed by atoms with E-state index in [4.69, 9.17) is 0 Å². The number of hydrogen-bond donors (Lipinski definition) is 2. The lowest BCUT2D eigenvalue weighted by molar-refractivity contribution is 0.102. The van der Waals surface area contributed by atoms with Crippen LogP contribution in [0.3, 0.4) is 0 Å². The van der Waals surface area contributed by atoms with Gasteiger partial charge in [0.15, 0.2) is 0 Å². The van der Waals surface area contributed by atoms with Gasteiger partial charge in [-0.05, 0) is 35.9 Å². The van der Waals surface area contributed by atoms with Crippen molar-refractivity contribution in [3.63, 3.8) is 0 Å². The Bertz CT molecular complexity index is 847. The summed E-state index contributed by atoms with van der Waals surface area (Å²) in [6.07, 6.45) is 6.50. The van der Waals surface area contributed by atoms with Crippen LogP contribution in [-0.2, 0) is 6.54 Å². The van der Waals surface area contributed by atoms with Crippen LogP contribution >= 0.6 is 0 Å². The lowest BCUT2D eigenvalue weighted by Gasteiger charge is -2.13. The van der Waals surface area contributed by atoms with Gasteiger partial charge in [-0.1, -0.05) is 6.07 Å². The van der Waals surface area contributed by atoms with Gasteiger partial charge in [0, 0.05) is 56.8 Å². The lowest BCUT2D eigenvalue weighted by atomic mass is 10.2. The minimum Gasteiger partial charge on any atom is -0.378 e. The number of nitrogens with one attached hydrogen (secondary N) is 2. The zero-order chi connectivity index (χ0) is 18.4. The average Bonchev–Trinajstić information content (AvgIpc) is 2.68. The number of nitrogens with zero attached hydrogens (tertiary/aromatic N) is 4. The number of carbonyl (C=O) groups excluding carboxylic acids is 1. The Labute approximate surface area is 152 Å². The first-order valence-corrected chi connectivity index (χ1v) is 8.15. The fraction of sp³-hybridized carbons (Fsp3) is 0.158. The third kappa shape index (κ3) is 4.54. The van der Waals surface area contributed by atoms with Crippen LogP contribution in [0, 0.1) is 0 Å². The van der Waals surface area contributed by atoms with Gasteiger partial charge < -0.3 is 15.5 Å². The van der Waals surface area contributed by atoms with Gasteiger partial charge in [-0.15, -0.1) is 0 Å². The number of carbonyl (C=O) groups is 1. The number of amides is 1. The molecule has 3 rings (SSSR count). The van der Waals surface area contributed by atoms with Gasteiger partial charge >= 0.3 is 0 Å². The maximum atomic E-state index is 12.3. The summed E-state index contributed by atoms with van der Waals surface area (Å²) in [5.41, 5.74) is 3.21. The van der Waals surface area contributed by atoms with E-state index in [0.29, 0.717) is 18.1 Å². The second-order valence-electron chi connectivity index (χ2n) is 5.91. The molecule has 0 aliphatic carbocycles. The largest absolute Gasteiger partial charge is 0.378 e. The van der Waals surface area contributed by atoms with Crippen LogP contribution in [0.15, 0.2) is 61.2 Å². The fourth-order valence-corrected chi connectivity index (χ4v) is 2.27. The zero-order valence-electron chi connectivity index (χ0n) is 14.7. The second kappa shape index (κ2) is 8.06. The monoisotopic (exact) mass is 348 g/mol. The molecular weight excluding hydrogens is 328 g/mol. The lowest BCUT2D eigenvalue weighted by Crippen LogP contribution is -2.14. The molecule has 3 aromatic rings. The van der Waals surface area contributed by atoms with Crippen molar-refractivity contribution < 1.29 is 4.79 Å².